The zero-order chi connectivity index (χ0) is 22.4. The van der Waals surface area contributed by atoms with Crippen LogP contribution in [0.4, 0.5) is 0 Å². The Balaban J connectivity index is 1.83. The first-order valence-electron chi connectivity index (χ1n) is 10.2. The third-order valence-electron chi connectivity index (χ3n) is 5.42. The molecule has 1 aliphatic heterocycles. The average Bonchev–Trinajstić information content (AvgIpc) is 3.19. The molecule has 10 nitrogen and oxygen atoms in total. The highest BCUT2D eigenvalue weighted by molar-refractivity contribution is 5.94. The zero-order valence-electron chi connectivity index (χ0n) is 17.1. The maximum atomic E-state index is 13.4. The molecule has 1 aromatic carbocycles. The molecule has 2 atom stereocenters. The number of aromatic amines is 1. The summed E-state index contributed by atoms with van der Waals surface area (Å²) in [6.45, 7) is -0.424. The highest BCUT2D eigenvalue weighted by Crippen LogP contribution is 2.22. The number of para-hydroxylation sites is 1. The highest BCUT2D eigenvalue weighted by atomic mass is 16.4. The van der Waals surface area contributed by atoms with E-state index in [1.807, 2.05) is 24.3 Å². The van der Waals surface area contributed by atoms with Gasteiger partial charge in [0.05, 0.1) is 6.54 Å². The van der Waals surface area contributed by atoms with Gasteiger partial charge in [-0.05, 0) is 30.9 Å². The predicted octanol–water partition coefficient (Wildman–Crippen LogP) is -0.264. The van der Waals surface area contributed by atoms with Crippen LogP contribution in [0.3, 0.4) is 0 Å². The van der Waals surface area contributed by atoms with Crippen LogP contribution in [0.1, 0.15) is 24.8 Å². The number of likely N-dealkylation sites (tertiary alicyclic amines) is 1. The molecular weight excluding hydrogens is 402 g/mol. The Bertz CT molecular complexity index is 972. The van der Waals surface area contributed by atoms with Crippen molar-refractivity contribution in [2.24, 2.45) is 5.73 Å². The first-order chi connectivity index (χ1) is 14.9. The number of hydrogen-bond donors (Lipinski definition) is 5. The van der Waals surface area contributed by atoms with Gasteiger partial charge >= 0.3 is 5.97 Å². The number of aromatic nitrogens is 1. The van der Waals surface area contributed by atoms with E-state index in [9.17, 15) is 19.2 Å². The molecule has 1 aliphatic rings. The van der Waals surface area contributed by atoms with Crippen LogP contribution in [0.25, 0.3) is 10.9 Å². The summed E-state index contributed by atoms with van der Waals surface area (Å²) in [5, 5.41) is 14.8. The van der Waals surface area contributed by atoms with Crippen LogP contribution in [0, 0.1) is 0 Å². The fraction of sp³-hybridized carbons (Fsp3) is 0.429. The van der Waals surface area contributed by atoms with Crippen LogP contribution in [0.2, 0.25) is 0 Å². The minimum absolute atomic E-state index is 0.231. The molecule has 1 unspecified atom stereocenters. The van der Waals surface area contributed by atoms with E-state index in [1.54, 1.807) is 6.20 Å². The monoisotopic (exact) mass is 429 g/mol. The van der Waals surface area contributed by atoms with Gasteiger partial charge in [0.15, 0.2) is 0 Å². The zero-order valence-corrected chi connectivity index (χ0v) is 17.1. The Morgan fingerprint density at radius 2 is 2.00 bits per heavy atom. The Labute approximate surface area is 179 Å². The lowest BCUT2D eigenvalue weighted by molar-refractivity contribution is -0.145. The lowest BCUT2D eigenvalue weighted by Gasteiger charge is -2.37. The molecule has 0 bridgehead atoms. The van der Waals surface area contributed by atoms with Gasteiger partial charge in [0.25, 0.3) is 0 Å². The van der Waals surface area contributed by atoms with Gasteiger partial charge in [0.1, 0.15) is 18.6 Å². The van der Waals surface area contributed by atoms with Gasteiger partial charge in [0, 0.05) is 30.1 Å². The maximum absolute atomic E-state index is 13.4. The number of carbonyl (C=O) groups excluding carboxylic acids is 3. The summed E-state index contributed by atoms with van der Waals surface area (Å²) < 4.78 is 0. The second-order valence-electron chi connectivity index (χ2n) is 7.54. The number of carbonyl (C=O) groups is 4. The minimum atomic E-state index is -1.16. The number of hydrogen-bond acceptors (Lipinski definition) is 5. The van der Waals surface area contributed by atoms with Crippen LogP contribution in [0.15, 0.2) is 30.5 Å². The number of carboxylic acid groups (broad SMARTS) is 1. The van der Waals surface area contributed by atoms with E-state index in [2.05, 4.69) is 15.6 Å². The molecule has 3 rings (SSSR count). The predicted molar refractivity (Wildman–Crippen MR) is 113 cm³/mol. The Morgan fingerprint density at radius 3 is 2.74 bits per heavy atom. The van der Waals surface area contributed by atoms with Crippen molar-refractivity contribution in [2.45, 2.75) is 37.8 Å². The first kappa shape index (κ1) is 22.3. The van der Waals surface area contributed by atoms with E-state index in [1.165, 1.54) is 4.90 Å². The summed E-state index contributed by atoms with van der Waals surface area (Å²) >= 11 is 0. The van der Waals surface area contributed by atoms with Gasteiger partial charge in [-0.15, -0.1) is 0 Å². The molecule has 0 radical (unpaired) electrons. The number of rotatable bonds is 8. The lowest BCUT2D eigenvalue weighted by atomic mass is 9.98. The molecule has 10 heteroatoms. The van der Waals surface area contributed by atoms with Gasteiger partial charge in [-0.1, -0.05) is 18.2 Å². The summed E-state index contributed by atoms with van der Waals surface area (Å²) in [6.07, 6.45) is 3.93. The van der Waals surface area contributed by atoms with E-state index < -0.39 is 36.4 Å². The Kier molecular flexibility index (Phi) is 7.24. The first-order valence-corrected chi connectivity index (χ1v) is 10.2. The van der Waals surface area contributed by atoms with Crippen LogP contribution >= 0.6 is 0 Å². The van der Waals surface area contributed by atoms with E-state index in [0.29, 0.717) is 13.0 Å². The number of piperidine rings is 1. The SMILES string of the molecule is NCC(=O)N[C@@H](Cc1c[nH]c2ccccc12)C(=O)N1CCCCC1C(=O)NCC(=O)O. The van der Waals surface area contributed by atoms with Gasteiger partial charge in [-0.2, -0.15) is 0 Å². The van der Waals surface area contributed by atoms with Crippen molar-refractivity contribution < 1.29 is 24.3 Å². The maximum Gasteiger partial charge on any atom is 0.322 e. The van der Waals surface area contributed by atoms with E-state index in [0.717, 1.165) is 29.3 Å². The molecule has 1 aromatic heterocycles. The third-order valence-corrected chi connectivity index (χ3v) is 5.42. The molecule has 0 aliphatic carbocycles. The summed E-state index contributed by atoms with van der Waals surface area (Å²) in [4.78, 5) is 53.4. The second-order valence-corrected chi connectivity index (χ2v) is 7.54. The average molecular weight is 429 g/mol. The third kappa shape index (κ3) is 5.40. The van der Waals surface area contributed by atoms with E-state index in [4.69, 9.17) is 10.8 Å². The van der Waals surface area contributed by atoms with Gasteiger partial charge in [0.2, 0.25) is 17.7 Å². The van der Waals surface area contributed by atoms with Crippen molar-refractivity contribution >= 4 is 34.6 Å². The normalized spacial score (nSPS) is 17.2. The number of H-pyrrole nitrogens is 1. The number of nitrogens with zero attached hydrogens (tertiary/aromatic N) is 1. The molecular formula is C21H27N5O5. The van der Waals surface area contributed by atoms with Gasteiger partial charge in [-0.25, -0.2) is 0 Å². The smallest absolute Gasteiger partial charge is 0.322 e. The van der Waals surface area contributed by atoms with Crippen LogP contribution in [-0.4, -0.2) is 70.4 Å². The van der Waals surface area contributed by atoms with Crippen LogP contribution in [-0.2, 0) is 25.6 Å². The van der Waals surface area contributed by atoms with E-state index in [-0.39, 0.29) is 18.9 Å². The Hall–Kier alpha value is -3.40. The molecule has 2 aromatic rings. The van der Waals surface area contributed by atoms with Crippen molar-refractivity contribution in [2.75, 3.05) is 19.6 Å². The van der Waals surface area contributed by atoms with Gasteiger partial charge in [-0.3, -0.25) is 19.2 Å². The number of carboxylic acids is 1. The van der Waals surface area contributed by atoms with E-state index >= 15 is 0 Å². The molecule has 31 heavy (non-hydrogen) atoms. The fourth-order valence-electron chi connectivity index (χ4n) is 3.92. The summed E-state index contributed by atoms with van der Waals surface area (Å²) in [7, 11) is 0. The quantitative estimate of drug-likeness (QED) is 0.389. The molecule has 166 valence electrons. The van der Waals surface area contributed by atoms with Crippen molar-refractivity contribution in [1.82, 2.24) is 20.5 Å². The summed E-state index contributed by atoms with van der Waals surface area (Å²) in [5.41, 5.74) is 7.21. The standard InChI is InChI=1S/C21H27N5O5/c22-10-18(27)25-16(9-13-11-23-15-6-2-1-5-14(13)15)21(31)26-8-4-3-7-17(26)20(30)24-12-19(28)29/h1-2,5-6,11,16-17,23H,3-4,7-10,12,22H2,(H,24,30)(H,25,27)(H,28,29)/t16-,17?/m0/s1. The highest BCUT2D eigenvalue weighted by Gasteiger charge is 2.36. The topological polar surface area (TPSA) is 158 Å². The summed E-state index contributed by atoms with van der Waals surface area (Å²) in [5.74, 6) is -2.52. The van der Waals surface area contributed by atoms with Crippen molar-refractivity contribution in [1.29, 1.82) is 0 Å². The molecule has 6 N–H and O–H groups in total. The molecule has 2 heterocycles. The number of amides is 3. The number of nitrogens with two attached hydrogens (primary N) is 1. The molecule has 0 saturated carbocycles. The number of aliphatic carboxylic acids is 1. The minimum Gasteiger partial charge on any atom is -0.480 e. The van der Waals surface area contributed by atoms with Crippen LogP contribution in [0.5, 0.6) is 0 Å². The number of nitrogens with one attached hydrogen (secondary N) is 3. The largest absolute Gasteiger partial charge is 0.480 e. The second kappa shape index (κ2) is 10.1. The Morgan fingerprint density at radius 1 is 1.23 bits per heavy atom. The molecule has 1 saturated heterocycles. The number of fused-ring (bicyclic) bond motifs is 1. The lowest BCUT2D eigenvalue weighted by Crippen LogP contribution is -2.58. The van der Waals surface area contributed by atoms with Crippen molar-refractivity contribution in [3.05, 3.63) is 36.0 Å². The van der Waals surface area contributed by atoms with Crippen LogP contribution < -0.4 is 16.4 Å². The molecule has 1 fully saturated rings. The molecule has 0 spiro atoms. The number of benzene rings is 1. The van der Waals surface area contributed by atoms with Gasteiger partial charge < -0.3 is 31.4 Å². The fourth-order valence-corrected chi connectivity index (χ4v) is 3.92. The summed E-state index contributed by atoms with van der Waals surface area (Å²) in [6, 6.07) is 5.96. The van der Waals surface area contributed by atoms with Crippen molar-refractivity contribution in [3.63, 3.8) is 0 Å². The van der Waals surface area contributed by atoms with Crippen molar-refractivity contribution in [3.8, 4) is 0 Å². The molecule has 3 amide bonds.